The summed E-state index contributed by atoms with van der Waals surface area (Å²) in [4.78, 5) is 0. The van der Waals surface area contributed by atoms with Gasteiger partial charge in [-0.05, 0) is 36.9 Å². The predicted octanol–water partition coefficient (Wildman–Crippen LogP) is 2.82. The zero-order valence-electron chi connectivity index (χ0n) is 8.76. The number of nitrogens with one attached hydrogen (secondary N) is 1. The lowest BCUT2D eigenvalue weighted by Crippen LogP contribution is -2.40. The van der Waals surface area contributed by atoms with Gasteiger partial charge in [0.05, 0.1) is 0 Å². The third kappa shape index (κ3) is 2.17. The van der Waals surface area contributed by atoms with Crippen molar-refractivity contribution in [3.8, 4) is 0 Å². The Hall–Kier alpha value is -0.960. The lowest BCUT2D eigenvalue weighted by atomic mass is 9.75. The van der Waals surface area contributed by atoms with E-state index in [4.69, 9.17) is 0 Å². The Kier molecular flexibility index (Phi) is 3.00. The van der Waals surface area contributed by atoms with Crippen molar-refractivity contribution < 1.29 is 8.78 Å². The number of hydrogen-bond acceptors (Lipinski definition) is 1. The summed E-state index contributed by atoms with van der Waals surface area (Å²) in [6, 6.07) is 4.37. The maximum absolute atomic E-state index is 13.4. The van der Waals surface area contributed by atoms with Crippen LogP contribution in [0.1, 0.15) is 31.2 Å². The third-order valence-corrected chi connectivity index (χ3v) is 3.03. The molecule has 1 fully saturated rings. The molecule has 0 bridgehead atoms. The predicted molar refractivity (Wildman–Crippen MR) is 55.8 cm³/mol. The fraction of sp³-hybridized carbons (Fsp3) is 0.500. The molecule has 1 aromatic rings. The molecule has 3 heteroatoms. The molecular weight excluding hydrogens is 196 g/mol. The Morgan fingerprint density at radius 1 is 1.33 bits per heavy atom. The van der Waals surface area contributed by atoms with Crippen LogP contribution in [0.3, 0.4) is 0 Å². The van der Waals surface area contributed by atoms with E-state index in [1.54, 1.807) is 6.07 Å². The van der Waals surface area contributed by atoms with Crippen LogP contribution in [0.4, 0.5) is 8.78 Å². The quantitative estimate of drug-likeness (QED) is 0.810. The van der Waals surface area contributed by atoms with Crippen LogP contribution in [0.2, 0.25) is 0 Å². The van der Waals surface area contributed by atoms with Crippen molar-refractivity contribution in [3.05, 3.63) is 35.4 Å². The standard InChI is InChI=1S/C12H15F2N/c1-2-15-10-5-8(6-10)11-4-3-9(13)7-12(11)14/h3-4,7-8,10,15H,2,5-6H2,1H3. The van der Waals surface area contributed by atoms with Gasteiger partial charge in [0.2, 0.25) is 0 Å². The molecular formula is C12H15F2N. The molecule has 0 heterocycles. The van der Waals surface area contributed by atoms with Crippen LogP contribution < -0.4 is 5.32 Å². The Balaban J connectivity index is 2.01. The minimum Gasteiger partial charge on any atom is -0.314 e. The maximum Gasteiger partial charge on any atom is 0.129 e. The molecule has 15 heavy (non-hydrogen) atoms. The van der Waals surface area contributed by atoms with Crippen molar-refractivity contribution in [3.63, 3.8) is 0 Å². The van der Waals surface area contributed by atoms with E-state index in [-0.39, 0.29) is 5.92 Å². The minimum atomic E-state index is -0.501. The summed E-state index contributed by atoms with van der Waals surface area (Å²) >= 11 is 0. The average Bonchev–Trinajstić information content (AvgIpc) is 2.12. The minimum absolute atomic E-state index is 0.259. The highest BCUT2D eigenvalue weighted by molar-refractivity contribution is 5.25. The first-order valence-electron chi connectivity index (χ1n) is 5.39. The molecule has 0 aliphatic heterocycles. The second kappa shape index (κ2) is 4.27. The lowest BCUT2D eigenvalue weighted by molar-refractivity contribution is 0.290. The van der Waals surface area contributed by atoms with E-state index in [1.807, 2.05) is 0 Å². The zero-order chi connectivity index (χ0) is 10.8. The summed E-state index contributed by atoms with van der Waals surface area (Å²) in [6.07, 6.45) is 1.91. The molecule has 2 rings (SSSR count). The summed E-state index contributed by atoms with van der Waals surface area (Å²) in [5.41, 5.74) is 0.658. The summed E-state index contributed by atoms with van der Waals surface area (Å²) in [5, 5.41) is 3.32. The van der Waals surface area contributed by atoms with Crippen molar-refractivity contribution in [2.45, 2.75) is 31.7 Å². The molecule has 0 unspecified atom stereocenters. The fourth-order valence-corrected chi connectivity index (χ4v) is 2.16. The topological polar surface area (TPSA) is 12.0 Å². The van der Waals surface area contributed by atoms with Crippen molar-refractivity contribution in [1.82, 2.24) is 5.32 Å². The monoisotopic (exact) mass is 211 g/mol. The van der Waals surface area contributed by atoms with Crippen LogP contribution in [-0.2, 0) is 0 Å². The molecule has 82 valence electrons. The summed E-state index contributed by atoms with van der Waals surface area (Å²) < 4.78 is 26.1. The first-order valence-corrected chi connectivity index (χ1v) is 5.39. The van der Waals surface area contributed by atoms with Gasteiger partial charge >= 0.3 is 0 Å². The average molecular weight is 211 g/mol. The van der Waals surface area contributed by atoms with Gasteiger partial charge in [-0.25, -0.2) is 8.78 Å². The summed E-state index contributed by atoms with van der Waals surface area (Å²) in [6.45, 7) is 3.01. The van der Waals surface area contributed by atoms with E-state index in [1.165, 1.54) is 6.07 Å². The van der Waals surface area contributed by atoms with Gasteiger partial charge in [-0.15, -0.1) is 0 Å². The SMILES string of the molecule is CCNC1CC(c2ccc(F)cc2F)C1. The van der Waals surface area contributed by atoms with Gasteiger partial charge < -0.3 is 5.32 Å². The third-order valence-electron chi connectivity index (χ3n) is 3.03. The normalized spacial score (nSPS) is 25.0. The Bertz CT molecular complexity index is 345. The molecule has 1 aromatic carbocycles. The highest BCUT2D eigenvalue weighted by Crippen LogP contribution is 2.37. The molecule has 1 N–H and O–H groups in total. The van der Waals surface area contributed by atoms with Gasteiger partial charge in [0.1, 0.15) is 11.6 Å². The molecule has 0 aromatic heterocycles. The van der Waals surface area contributed by atoms with Crippen LogP contribution >= 0.6 is 0 Å². The highest BCUT2D eigenvalue weighted by Gasteiger charge is 2.31. The largest absolute Gasteiger partial charge is 0.314 e. The van der Waals surface area contributed by atoms with Gasteiger partial charge in [0, 0.05) is 12.1 Å². The second-order valence-electron chi connectivity index (χ2n) is 4.09. The number of benzene rings is 1. The molecule has 0 atom stereocenters. The molecule has 0 saturated heterocycles. The van der Waals surface area contributed by atoms with Crippen molar-refractivity contribution in [2.24, 2.45) is 0 Å². The van der Waals surface area contributed by atoms with E-state index in [0.717, 1.165) is 25.5 Å². The Labute approximate surface area is 88.5 Å². The van der Waals surface area contributed by atoms with E-state index in [2.05, 4.69) is 12.2 Å². The van der Waals surface area contributed by atoms with Crippen LogP contribution in [0.15, 0.2) is 18.2 Å². The maximum atomic E-state index is 13.4. The Morgan fingerprint density at radius 2 is 2.07 bits per heavy atom. The first-order chi connectivity index (χ1) is 7.20. The van der Waals surface area contributed by atoms with Gasteiger partial charge in [0.25, 0.3) is 0 Å². The van der Waals surface area contributed by atoms with Crippen molar-refractivity contribution in [1.29, 1.82) is 0 Å². The molecule has 0 amide bonds. The highest BCUT2D eigenvalue weighted by atomic mass is 19.1. The van der Waals surface area contributed by atoms with Crippen LogP contribution in [0.5, 0.6) is 0 Å². The second-order valence-corrected chi connectivity index (χ2v) is 4.09. The number of hydrogen-bond donors (Lipinski definition) is 1. The molecule has 0 radical (unpaired) electrons. The van der Waals surface area contributed by atoms with Crippen LogP contribution in [-0.4, -0.2) is 12.6 Å². The molecule has 1 aliphatic carbocycles. The fourth-order valence-electron chi connectivity index (χ4n) is 2.16. The molecule has 1 aliphatic rings. The van der Waals surface area contributed by atoms with Gasteiger partial charge in [-0.3, -0.25) is 0 Å². The van der Waals surface area contributed by atoms with Crippen molar-refractivity contribution in [2.75, 3.05) is 6.54 Å². The van der Waals surface area contributed by atoms with E-state index < -0.39 is 11.6 Å². The van der Waals surface area contributed by atoms with E-state index in [9.17, 15) is 8.78 Å². The van der Waals surface area contributed by atoms with Crippen LogP contribution in [0, 0.1) is 11.6 Å². The molecule has 0 spiro atoms. The van der Waals surface area contributed by atoms with Crippen molar-refractivity contribution >= 4 is 0 Å². The molecule has 1 saturated carbocycles. The van der Waals surface area contributed by atoms with Crippen LogP contribution in [0.25, 0.3) is 0 Å². The van der Waals surface area contributed by atoms with E-state index in [0.29, 0.717) is 11.6 Å². The van der Waals surface area contributed by atoms with Gasteiger partial charge in [-0.2, -0.15) is 0 Å². The first kappa shape index (κ1) is 10.6. The van der Waals surface area contributed by atoms with E-state index >= 15 is 0 Å². The number of rotatable bonds is 3. The summed E-state index contributed by atoms with van der Waals surface area (Å²) in [5.74, 6) is -0.650. The molecule has 1 nitrogen and oxygen atoms in total. The van der Waals surface area contributed by atoms with Gasteiger partial charge in [0.15, 0.2) is 0 Å². The number of halogens is 2. The smallest absolute Gasteiger partial charge is 0.129 e. The summed E-state index contributed by atoms with van der Waals surface area (Å²) in [7, 11) is 0. The lowest BCUT2D eigenvalue weighted by Gasteiger charge is -2.36. The Morgan fingerprint density at radius 3 is 2.67 bits per heavy atom. The zero-order valence-corrected chi connectivity index (χ0v) is 8.76. The van der Waals surface area contributed by atoms with Gasteiger partial charge in [-0.1, -0.05) is 13.0 Å².